The van der Waals surface area contributed by atoms with Crippen LogP contribution in [0.15, 0.2) is 46.9 Å². The zero-order valence-corrected chi connectivity index (χ0v) is 15.4. The summed E-state index contributed by atoms with van der Waals surface area (Å²) in [7, 11) is 0. The van der Waals surface area contributed by atoms with E-state index in [1.807, 2.05) is 24.3 Å². The molecule has 29 heavy (non-hydrogen) atoms. The molecule has 0 aliphatic carbocycles. The molecule has 7 nitrogen and oxygen atoms in total. The van der Waals surface area contributed by atoms with Gasteiger partial charge in [-0.1, -0.05) is 6.07 Å². The molecule has 2 heterocycles. The molecule has 0 radical (unpaired) electrons. The quantitative estimate of drug-likeness (QED) is 0.611. The van der Waals surface area contributed by atoms with Gasteiger partial charge in [0, 0.05) is 37.6 Å². The number of hydrogen-bond acceptors (Lipinski definition) is 6. The molecule has 0 bridgehead atoms. The number of aromatic nitrogens is 1. The van der Waals surface area contributed by atoms with E-state index in [4.69, 9.17) is 10.2 Å². The molecule has 2 aromatic carbocycles. The van der Waals surface area contributed by atoms with Crippen LogP contribution in [0.25, 0.3) is 11.5 Å². The number of anilines is 3. The van der Waals surface area contributed by atoms with E-state index in [-0.39, 0.29) is 17.5 Å². The first-order chi connectivity index (χ1) is 14.0. The third-order valence-electron chi connectivity index (χ3n) is 4.64. The van der Waals surface area contributed by atoms with Crippen molar-refractivity contribution in [2.24, 2.45) is 5.73 Å². The topological polar surface area (TPSA) is 96.4 Å². The van der Waals surface area contributed by atoms with Crippen molar-refractivity contribution in [2.75, 3.05) is 36.4 Å². The van der Waals surface area contributed by atoms with E-state index in [0.717, 1.165) is 44.0 Å². The summed E-state index contributed by atoms with van der Waals surface area (Å²) in [6, 6.07) is 10.9. The van der Waals surface area contributed by atoms with Crippen molar-refractivity contribution in [3.05, 3.63) is 59.8 Å². The van der Waals surface area contributed by atoms with Gasteiger partial charge in [0.2, 0.25) is 11.8 Å². The third kappa shape index (κ3) is 3.90. The summed E-state index contributed by atoms with van der Waals surface area (Å²) in [4.78, 5) is 17.9. The Morgan fingerprint density at radius 3 is 2.38 bits per heavy atom. The average Bonchev–Trinajstić information content (AvgIpc) is 3.13. The Labute approximate surface area is 165 Å². The second kappa shape index (κ2) is 7.88. The predicted octanol–water partition coefficient (Wildman–Crippen LogP) is 2.87. The van der Waals surface area contributed by atoms with Crippen LogP contribution in [-0.4, -0.2) is 37.1 Å². The van der Waals surface area contributed by atoms with Crippen LogP contribution in [-0.2, 0) is 0 Å². The lowest BCUT2D eigenvalue weighted by Crippen LogP contribution is -2.43. The van der Waals surface area contributed by atoms with E-state index in [1.54, 1.807) is 0 Å². The molecule has 0 unspecified atom stereocenters. The summed E-state index contributed by atoms with van der Waals surface area (Å²) in [5.74, 6) is -3.03. The van der Waals surface area contributed by atoms with Crippen LogP contribution < -0.4 is 21.3 Å². The zero-order valence-electron chi connectivity index (χ0n) is 15.4. The summed E-state index contributed by atoms with van der Waals surface area (Å²) in [5, 5.41) is 6.21. The fourth-order valence-corrected chi connectivity index (χ4v) is 3.19. The third-order valence-corrected chi connectivity index (χ3v) is 4.64. The van der Waals surface area contributed by atoms with Gasteiger partial charge in [-0.05, 0) is 36.4 Å². The summed E-state index contributed by atoms with van der Waals surface area (Å²) < 4.78 is 33.5. The van der Waals surface area contributed by atoms with Crippen molar-refractivity contribution in [1.82, 2.24) is 10.3 Å². The lowest BCUT2D eigenvalue weighted by atomic mass is 10.2. The van der Waals surface area contributed by atoms with Crippen LogP contribution in [0.2, 0.25) is 0 Å². The zero-order chi connectivity index (χ0) is 20.4. The molecule has 4 rings (SSSR count). The van der Waals surface area contributed by atoms with Crippen molar-refractivity contribution in [3.8, 4) is 11.5 Å². The second-order valence-electron chi connectivity index (χ2n) is 6.57. The highest BCUT2D eigenvalue weighted by molar-refractivity contribution is 5.96. The van der Waals surface area contributed by atoms with Gasteiger partial charge < -0.3 is 25.7 Å². The van der Waals surface area contributed by atoms with Gasteiger partial charge in [-0.25, -0.2) is 13.8 Å². The molecular weight excluding hydrogens is 380 g/mol. The van der Waals surface area contributed by atoms with Crippen molar-refractivity contribution < 1.29 is 18.0 Å². The molecule has 1 fully saturated rings. The van der Waals surface area contributed by atoms with Gasteiger partial charge in [0.25, 0.3) is 5.91 Å². The largest absolute Gasteiger partial charge is 0.419 e. The number of nitrogens with one attached hydrogen (secondary N) is 2. The number of piperazine rings is 1. The summed E-state index contributed by atoms with van der Waals surface area (Å²) in [5.41, 5.74) is 6.34. The number of hydrogen-bond donors (Lipinski definition) is 3. The number of nitrogens with zero attached hydrogens (tertiary/aromatic N) is 2. The Morgan fingerprint density at radius 1 is 1.10 bits per heavy atom. The highest BCUT2D eigenvalue weighted by Crippen LogP contribution is 2.31. The number of nitrogens with two attached hydrogens (primary N) is 1. The molecule has 0 saturated carbocycles. The SMILES string of the molecule is NC(=O)c1nc(-c2c(F)cccc2F)oc1Nc1ccc(N2CCNCC2)cc1. The van der Waals surface area contributed by atoms with Crippen molar-refractivity contribution >= 4 is 23.2 Å². The van der Waals surface area contributed by atoms with Crippen LogP contribution in [0.4, 0.5) is 26.0 Å². The smallest absolute Gasteiger partial charge is 0.273 e. The molecule has 0 atom stereocenters. The van der Waals surface area contributed by atoms with Crippen LogP contribution >= 0.6 is 0 Å². The van der Waals surface area contributed by atoms with Gasteiger partial charge in [-0.15, -0.1) is 0 Å². The van der Waals surface area contributed by atoms with Crippen LogP contribution in [0.1, 0.15) is 10.5 Å². The summed E-state index contributed by atoms with van der Waals surface area (Å²) in [6.45, 7) is 3.68. The van der Waals surface area contributed by atoms with Crippen molar-refractivity contribution in [2.45, 2.75) is 0 Å². The first-order valence-corrected chi connectivity index (χ1v) is 9.10. The number of amides is 1. The number of primary amides is 1. The maximum Gasteiger partial charge on any atom is 0.273 e. The highest BCUT2D eigenvalue weighted by atomic mass is 19.1. The van der Waals surface area contributed by atoms with E-state index in [0.29, 0.717) is 5.69 Å². The number of halogens is 2. The number of benzene rings is 2. The first kappa shape index (κ1) is 18.9. The Bertz CT molecular complexity index is 1010. The number of carbonyl (C=O) groups excluding carboxylic acids is 1. The van der Waals surface area contributed by atoms with Crippen LogP contribution in [0.5, 0.6) is 0 Å². The normalized spacial score (nSPS) is 14.1. The molecule has 1 aliphatic heterocycles. The molecular formula is C20H19F2N5O2. The van der Waals surface area contributed by atoms with Gasteiger partial charge in [0.05, 0.1) is 0 Å². The summed E-state index contributed by atoms with van der Waals surface area (Å²) in [6.07, 6.45) is 0. The first-order valence-electron chi connectivity index (χ1n) is 9.10. The Morgan fingerprint density at radius 2 is 1.76 bits per heavy atom. The van der Waals surface area contributed by atoms with E-state index < -0.39 is 23.1 Å². The number of oxazole rings is 1. The second-order valence-corrected chi connectivity index (χ2v) is 6.57. The molecule has 1 saturated heterocycles. The molecule has 1 amide bonds. The maximum absolute atomic E-state index is 14.0. The van der Waals surface area contributed by atoms with E-state index in [2.05, 4.69) is 20.5 Å². The number of rotatable bonds is 5. The van der Waals surface area contributed by atoms with Gasteiger partial charge in [0.1, 0.15) is 17.2 Å². The molecule has 3 aromatic rings. The molecule has 9 heteroatoms. The maximum atomic E-state index is 14.0. The lowest BCUT2D eigenvalue weighted by molar-refractivity contribution is 0.0996. The molecule has 4 N–H and O–H groups in total. The Balaban J connectivity index is 1.61. The predicted molar refractivity (Wildman–Crippen MR) is 105 cm³/mol. The standard InChI is InChI=1S/C20H19F2N5O2/c21-14-2-1-3-15(22)16(14)19-26-17(18(23)28)20(29-19)25-12-4-6-13(7-5-12)27-10-8-24-9-11-27/h1-7,24-25H,8-11H2,(H2,23,28). The minimum atomic E-state index is -0.878. The highest BCUT2D eigenvalue weighted by Gasteiger charge is 2.23. The van der Waals surface area contributed by atoms with E-state index in [1.165, 1.54) is 6.07 Å². The van der Waals surface area contributed by atoms with Crippen molar-refractivity contribution in [3.63, 3.8) is 0 Å². The number of carbonyl (C=O) groups is 1. The fraction of sp³-hybridized carbons (Fsp3) is 0.200. The molecule has 150 valence electrons. The molecule has 0 spiro atoms. The monoisotopic (exact) mass is 399 g/mol. The Hall–Kier alpha value is -3.46. The Kier molecular flexibility index (Phi) is 5.13. The summed E-state index contributed by atoms with van der Waals surface area (Å²) >= 11 is 0. The van der Waals surface area contributed by atoms with Gasteiger partial charge >= 0.3 is 0 Å². The fourth-order valence-electron chi connectivity index (χ4n) is 3.19. The van der Waals surface area contributed by atoms with E-state index in [9.17, 15) is 13.6 Å². The van der Waals surface area contributed by atoms with Gasteiger partial charge in [-0.2, -0.15) is 0 Å². The van der Waals surface area contributed by atoms with Crippen LogP contribution in [0.3, 0.4) is 0 Å². The minimum absolute atomic E-state index is 0.0786. The van der Waals surface area contributed by atoms with Crippen LogP contribution in [0, 0.1) is 11.6 Å². The molecule has 1 aromatic heterocycles. The molecule has 1 aliphatic rings. The lowest BCUT2D eigenvalue weighted by Gasteiger charge is -2.29. The van der Waals surface area contributed by atoms with Gasteiger partial charge in [0.15, 0.2) is 5.69 Å². The van der Waals surface area contributed by atoms with Gasteiger partial charge in [-0.3, -0.25) is 4.79 Å². The minimum Gasteiger partial charge on any atom is -0.419 e. The average molecular weight is 399 g/mol. The van der Waals surface area contributed by atoms with E-state index >= 15 is 0 Å². The van der Waals surface area contributed by atoms with Crippen molar-refractivity contribution in [1.29, 1.82) is 0 Å².